The molecule has 11 heteroatoms. The molecular weight excluding hydrogens is 621 g/mol. The summed E-state index contributed by atoms with van der Waals surface area (Å²) >= 11 is 2.82. The second-order valence-corrected chi connectivity index (χ2v) is 12.9. The number of hydrogen-bond acceptors (Lipinski definition) is 8. The minimum atomic E-state index is -0.517. The van der Waals surface area contributed by atoms with Crippen LogP contribution in [0.15, 0.2) is 89.7 Å². The number of nitrogens with zero attached hydrogens (tertiary/aromatic N) is 1. The number of amides is 3. The van der Waals surface area contributed by atoms with Crippen molar-refractivity contribution in [3.63, 3.8) is 0 Å². The van der Waals surface area contributed by atoms with Gasteiger partial charge in [-0.1, -0.05) is 37.3 Å². The summed E-state index contributed by atoms with van der Waals surface area (Å²) in [4.78, 5) is 58.5. The lowest BCUT2D eigenvalue weighted by Crippen LogP contribution is -2.30. The Labute approximate surface area is 275 Å². The molecule has 0 spiro atoms. The minimum Gasteiger partial charge on any atom is -0.465 e. The molecule has 0 aliphatic heterocycles. The predicted molar refractivity (Wildman–Crippen MR) is 182 cm³/mol. The van der Waals surface area contributed by atoms with Gasteiger partial charge in [-0.25, -0.2) is 4.79 Å². The number of benzene rings is 2. The molecule has 9 nitrogen and oxygen atoms in total. The molecule has 1 atom stereocenters. The van der Waals surface area contributed by atoms with Crippen LogP contribution >= 0.6 is 23.1 Å². The average Bonchev–Trinajstić information content (AvgIpc) is 3.45. The molecule has 46 heavy (non-hydrogen) atoms. The first kappa shape index (κ1) is 32.6. The predicted octanol–water partition coefficient (Wildman–Crippen LogP) is 6.73. The summed E-state index contributed by atoms with van der Waals surface area (Å²) in [5, 5.41) is 8.68. The van der Waals surface area contributed by atoms with Gasteiger partial charge in [-0.15, -0.1) is 23.1 Å². The van der Waals surface area contributed by atoms with Crippen molar-refractivity contribution < 1.29 is 23.9 Å². The van der Waals surface area contributed by atoms with E-state index >= 15 is 0 Å². The number of esters is 1. The molecule has 2 heterocycles. The van der Waals surface area contributed by atoms with Gasteiger partial charge >= 0.3 is 5.97 Å². The Balaban J connectivity index is 1.30. The summed E-state index contributed by atoms with van der Waals surface area (Å²) in [5.74, 6) is -1.59. The van der Waals surface area contributed by atoms with Gasteiger partial charge in [0.15, 0.2) is 0 Å². The lowest BCUT2D eigenvalue weighted by atomic mass is 9.95. The van der Waals surface area contributed by atoms with Crippen LogP contribution in [0.4, 0.5) is 10.7 Å². The van der Waals surface area contributed by atoms with Crippen molar-refractivity contribution in [1.29, 1.82) is 0 Å². The molecule has 0 fully saturated rings. The Bertz CT molecular complexity index is 1760. The van der Waals surface area contributed by atoms with Gasteiger partial charge in [0.1, 0.15) is 10.7 Å². The van der Waals surface area contributed by atoms with Crippen molar-refractivity contribution in [1.82, 2.24) is 10.3 Å². The standard InChI is InChI=1S/C35H34N4O5S2/c1-3-28(33(42)39-34-30(35(43)44-2)26-16-7-8-17-29(26)46-34)45-25-15-9-14-24(20-25)37-32(41)27(19-22-11-10-18-36-21-22)38-31(40)23-12-5-4-6-13-23/h4-6,9-15,18-21,28H,3,7-8,16-17H2,1-2H3,(H,37,41)(H,38,40)(H,39,42)/b27-19-. The highest BCUT2D eigenvalue weighted by Crippen LogP contribution is 2.39. The summed E-state index contributed by atoms with van der Waals surface area (Å²) in [5.41, 5.74) is 3.05. The molecule has 3 N–H and O–H groups in total. The van der Waals surface area contributed by atoms with E-state index in [1.165, 1.54) is 30.2 Å². The van der Waals surface area contributed by atoms with Crippen molar-refractivity contribution in [2.45, 2.75) is 49.2 Å². The molecule has 236 valence electrons. The van der Waals surface area contributed by atoms with E-state index in [4.69, 9.17) is 4.74 Å². The van der Waals surface area contributed by atoms with E-state index in [-0.39, 0.29) is 11.6 Å². The van der Waals surface area contributed by atoms with Crippen LogP contribution in [0.5, 0.6) is 0 Å². The number of nitrogens with one attached hydrogen (secondary N) is 3. The van der Waals surface area contributed by atoms with Crippen LogP contribution in [-0.4, -0.2) is 41.0 Å². The third-order valence-electron chi connectivity index (χ3n) is 7.36. The number of hydrogen-bond donors (Lipinski definition) is 3. The molecule has 1 unspecified atom stereocenters. The number of methoxy groups -OCH3 is 1. The van der Waals surface area contributed by atoms with E-state index in [0.717, 1.165) is 41.0 Å². The zero-order chi connectivity index (χ0) is 32.5. The minimum absolute atomic E-state index is 0.0470. The number of fused-ring (bicyclic) bond motifs is 1. The average molecular weight is 655 g/mol. The van der Waals surface area contributed by atoms with Crippen LogP contribution in [-0.2, 0) is 27.2 Å². The Morgan fingerprint density at radius 2 is 1.80 bits per heavy atom. The largest absolute Gasteiger partial charge is 0.465 e. The van der Waals surface area contributed by atoms with Gasteiger partial charge in [-0.3, -0.25) is 19.4 Å². The molecule has 3 amide bonds. The lowest BCUT2D eigenvalue weighted by molar-refractivity contribution is -0.116. The van der Waals surface area contributed by atoms with Gasteiger partial charge < -0.3 is 20.7 Å². The van der Waals surface area contributed by atoms with Crippen molar-refractivity contribution >= 4 is 63.6 Å². The smallest absolute Gasteiger partial charge is 0.341 e. The number of thioether (sulfide) groups is 1. The molecule has 2 aromatic carbocycles. The van der Waals surface area contributed by atoms with E-state index in [1.807, 2.05) is 19.1 Å². The summed E-state index contributed by atoms with van der Waals surface area (Å²) in [6.07, 6.45) is 9.06. The summed E-state index contributed by atoms with van der Waals surface area (Å²) in [6.45, 7) is 1.93. The number of rotatable bonds is 11. The zero-order valence-corrected chi connectivity index (χ0v) is 27.1. The van der Waals surface area contributed by atoms with Crippen molar-refractivity contribution in [2.24, 2.45) is 0 Å². The maximum atomic E-state index is 13.5. The summed E-state index contributed by atoms with van der Waals surface area (Å²) in [6, 6.07) is 19.3. The van der Waals surface area contributed by atoms with Gasteiger partial charge in [0.05, 0.1) is 17.9 Å². The lowest BCUT2D eigenvalue weighted by Gasteiger charge is -2.16. The highest BCUT2D eigenvalue weighted by molar-refractivity contribution is 8.00. The fraction of sp³-hybridized carbons (Fsp3) is 0.229. The number of aryl methyl sites for hydroxylation is 1. The third kappa shape index (κ3) is 8.09. The number of carbonyl (C=O) groups is 4. The van der Waals surface area contributed by atoms with Crippen LogP contribution in [0.3, 0.4) is 0 Å². The van der Waals surface area contributed by atoms with Crippen LogP contribution in [0.2, 0.25) is 0 Å². The second-order valence-electron chi connectivity index (χ2n) is 10.6. The maximum absolute atomic E-state index is 13.5. The van der Waals surface area contributed by atoms with Crippen LogP contribution in [0.1, 0.15) is 62.9 Å². The number of thiophene rings is 1. The Hall–Kier alpha value is -4.74. The van der Waals surface area contributed by atoms with Gasteiger partial charge in [-0.2, -0.15) is 0 Å². The van der Waals surface area contributed by atoms with Crippen LogP contribution in [0, 0.1) is 0 Å². The Morgan fingerprint density at radius 3 is 2.54 bits per heavy atom. The molecule has 0 radical (unpaired) electrons. The van der Waals surface area contributed by atoms with Crippen LogP contribution < -0.4 is 16.0 Å². The molecule has 0 saturated carbocycles. The maximum Gasteiger partial charge on any atom is 0.341 e. The number of pyridine rings is 1. The molecule has 0 saturated heterocycles. The van der Waals surface area contributed by atoms with Gasteiger partial charge in [0, 0.05) is 33.4 Å². The molecular formula is C35H34N4O5S2. The van der Waals surface area contributed by atoms with Crippen molar-refractivity contribution in [3.8, 4) is 0 Å². The molecule has 2 aromatic heterocycles. The fourth-order valence-electron chi connectivity index (χ4n) is 5.07. The first-order valence-electron chi connectivity index (χ1n) is 15.0. The zero-order valence-electron chi connectivity index (χ0n) is 25.5. The van der Waals surface area contributed by atoms with E-state index in [1.54, 1.807) is 73.1 Å². The highest BCUT2D eigenvalue weighted by Gasteiger charge is 2.28. The summed E-state index contributed by atoms with van der Waals surface area (Å²) in [7, 11) is 1.35. The SMILES string of the molecule is CCC(Sc1cccc(NC(=O)/C(=C/c2cccnc2)NC(=O)c2ccccc2)c1)C(=O)Nc1sc2c(c1C(=O)OC)CCCC2. The molecule has 1 aliphatic carbocycles. The second kappa shape index (κ2) is 15.5. The van der Waals surface area contributed by atoms with E-state index in [2.05, 4.69) is 20.9 Å². The van der Waals surface area contributed by atoms with Gasteiger partial charge in [-0.05, 0) is 85.7 Å². The fourth-order valence-corrected chi connectivity index (χ4v) is 7.36. The summed E-state index contributed by atoms with van der Waals surface area (Å²) < 4.78 is 5.05. The number of anilines is 2. The Kier molecular flexibility index (Phi) is 11.0. The van der Waals surface area contributed by atoms with Gasteiger partial charge in [0.2, 0.25) is 5.91 Å². The first-order valence-corrected chi connectivity index (χ1v) is 16.7. The number of ether oxygens (including phenoxy) is 1. The normalized spacial score (nSPS) is 13.2. The monoisotopic (exact) mass is 654 g/mol. The van der Waals surface area contributed by atoms with E-state index < -0.39 is 23.0 Å². The molecule has 5 rings (SSSR count). The number of carbonyl (C=O) groups excluding carboxylic acids is 4. The third-order valence-corrected chi connectivity index (χ3v) is 9.92. The van der Waals surface area contributed by atoms with Gasteiger partial charge in [0.25, 0.3) is 11.8 Å². The quantitative estimate of drug-likeness (QED) is 0.0930. The molecule has 0 bridgehead atoms. The Morgan fingerprint density at radius 1 is 1.00 bits per heavy atom. The first-order chi connectivity index (χ1) is 22.4. The topological polar surface area (TPSA) is 126 Å². The van der Waals surface area contributed by atoms with E-state index in [9.17, 15) is 19.2 Å². The van der Waals surface area contributed by atoms with E-state index in [0.29, 0.717) is 33.8 Å². The van der Waals surface area contributed by atoms with Crippen LogP contribution in [0.25, 0.3) is 6.08 Å². The molecule has 4 aromatic rings. The number of aromatic nitrogens is 1. The van der Waals surface area contributed by atoms with Crippen molar-refractivity contribution in [2.75, 3.05) is 17.7 Å². The molecule has 1 aliphatic rings. The van der Waals surface area contributed by atoms with Crippen molar-refractivity contribution in [3.05, 3.63) is 112 Å². The highest BCUT2D eigenvalue weighted by atomic mass is 32.2.